The molecule has 32 heavy (non-hydrogen) atoms. The van der Waals surface area contributed by atoms with Gasteiger partial charge in [-0.15, -0.1) is 0 Å². The van der Waals surface area contributed by atoms with Gasteiger partial charge in [0, 0.05) is 11.3 Å². The summed E-state index contributed by atoms with van der Waals surface area (Å²) in [7, 11) is 0. The van der Waals surface area contributed by atoms with E-state index < -0.39 is 42.2 Å². The van der Waals surface area contributed by atoms with Gasteiger partial charge in [0.25, 0.3) is 5.91 Å². The Balaban J connectivity index is 1.32. The minimum absolute atomic E-state index is 0.0439. The highest BCUT2D eigenvalue weighted by Gasteiger charge is 2.50. The molecule has 2 aliphatic heterocycles. The third kappa shape index (κ3) is 4.86. The summed E-state index contributed by atoms with van der Waals surface area (Å²) in [5, 5.41) is 5.16. The topological polar surface area (TPSA) is 85.9 Å². The van der Waals surface area contributed by atoms with Gasteiger partial charge in [-0.05, 0) is 37.3 Å². The molecule has 2 heterocycles. The van der Waals surface area contributed by atoms with Gasteiger partial charge in [0.1, 0.15) is 12.2 Å². The Kier molecular flexibility index (Phi) is 6.07. The van der Waals surface area contributed by atoms with Crippen LogP contribution in [0.25, 0.3) is 0 Å². The Morgan fingerprint density at radius 3 is 2.47 bits per heavy atom. The molecule has 2 fully saturated rings. The van der Waals surface area contributed by atoms with Crippen molar-refractivity contribution in [2.45, 2.75) is 37.5 Å². The second-order valence-electron chi connectivity index (χ2n) is 7.69. The highest BCUT2D eigenvalue weighted by molar-refractivity contribution is 5.94. The van der Waals surface area contributed by atoms with Crippen LogP contribution in [0.4, 0.5) is 23.7 Å². The fraction of sp³-hybridized carbons (Fsp3) is 0.364. The molecule has 0 saturated carbocycles. The molecule has 4 rings (SSSR count). The summed E-state index contributed by atoms with van der Waals surface area (Å²) in [5.74, 6) is -0.269. The predicted octanol–water partition coefficient (Wildman–Crippen LogP) is 3.53. The molecule has 0 radical (unpaired) electrons. The molecule has 0 unspecified atom stereocenters. The zero-order valence-electron chi connectivity index (χ0n) is 17.0. The van der Waals surface area contributed by atoms with Gasteiger partial charge in [0.05, 0.1) is 24.8 Å². The van der Waals surface area contributed by atoms with E-state index >= 15 is 0 Å². The number of benzene rings is 2. The number of hydrogen-bond donors (Lipinski definition) is 2. The van der Waals surface area contributed by atoms with Gasteiger partial charge in [-0.2, -0.15) is 13.2 Å². The molecule has 2 aromatic rings. The molecule has 0 spiro atoms. The number of amides is 2. The van der Waals surface area contributed by atoms with E-state index in [9.17, 15) is 22.8 Å². The normalized spacial score (nSPS) is 24.6. The lowest BCUT2D eigenvalue weighted by atomic mass is 10.1. The fourth-order valence-corrected chi connectivity index (χ4v) is 3.70. The van der Waals surface area contributed by atoms with Crippen molar-refractivity contribution in [1.29, 1.82) is 0 Å². The zero-order chi connectivity index (χ0) is 22.9. The van der Waals surface area contributed by atoms with Crippen molar-refractivity contribution < 1.29 is 37.0 Å². The molecule has 2 aliphatic rings. The number of ether oxygens (including phenoxy) is 3. The van der Waals surface area contributed by atoms with E-state index in [1.165, 1.54) is 12.1 Å². The van der Waals surface area contributed by atoms with Gasteiger partial charge >= 0.3 is 12.3 Å². The average Bonchev–Trinajstić information content (AvgIpc) is 3.31. The number of halogens is 3. The summed E-state index contributed by atoms with van der Waals surface area (Å²) in [6.45, 7) is 2.15. The van der Waals surface area contributed by atoms with Crippen molar-refractivity contribution in [3.8, 4) is 0 Å². The third-order valence-electron chi connectivity index (χ3n) is 5.33. The number of carbonyl (C=O) groups is 2. The van der Waals surface area contributed by atoms with Crippen molar-refractivity contribution in [2.24, 2.45) is 0 Å². The Bertz CT molecular complexity index is 996. The summed E-state index contributed by atoms with van der Waals surface area (Å²) >= 11 is 0. The molecule has 2 N–H and O–H groups in total. The summed E-state index contributed by atoms with van der Waals surface area (Å²) in [5.41, 5.74) is 0.611. The van der Waals surface area contributed by atoms with Crippen molar-refractivity contribution in [2.75, 3.05) is 18.5 Å². The van der Waals surface area contributed by atoms with E-state index in [-0.39, 0.29) is 24.8 Å². The van der Waals surface area contributed by atoms with Crippen molar-refractivity contribution in [1.82, 2.24) is 5.32 Å². The maximum absolute atomic E-state index is 12.8. The largest absolute Gasteiger partial charge is 0.441 e. The fourth-order valence-electron chi connectivity index (χ4n) is 3.70. The number of alkyl halides is 3. The molecule has 2 aromatic carbocycles. The Morgan fingerprint density at radius 1 is 1.03 bits per heavy atom. The van der Waals surface area contributed by atoms with Gasteiger partial charge in [-0.1, -0.05) is 23.8 Å². The van der Waals surface area contributed by atoms with E-state index in [1.54, 1.807) is 12.1 Å². The number of hydrogen-bond acceptors (Lipinski definition) is 5. The first-order chi connectivity index (χ1) is 15.2. The molecule has 2 amide bonds. The number of nitrogens with one attached hydrogen (secondary N) is 2. The summed E-state index contributed by atoms with van der Waals surface area (Å²) in [6.07, 6.45) is -7.30. The summed E-state index contributed by atoms with van der Waals surface area (Å²) in [4.78, 5) is 24.7. The van der Waals surface area contributed by atoms with Gasteiger partial charge < -0.3 is 19.5 Å². The predicted molar refractivity (Wildman–Crippen MR) is 107 cm³/mol. The first kappa shape index (κ1) is 22.1. The molecule has 0 aromatic heterocycles. The van der Waals surface area contributed by atoms with Crippen LogP contribution in [0.3, 0.4) is 0 Å². The SMILES string of the molecule is Cc1ccc(C(=O)N[C@@H]2CO[C@@H]3[C@@H]2OC[C@H]3OC(=O)Nc2cccc(C(F)(F)F)c2)cc1. The first-order valence-electron chi connectivity index (χ1n) is 9.96. The molecule has 4 atom stereocenters. The van der Waals surface area contributed by atoms with E-state index in [2.05, 4.69) is 10.6 Å². The number of fused-ring (bicyclic) bond motifs is 1. The molecule has 7 nitrogen and oxygen atoms in total. The van der Waals surface area contributed by atoms with E-state index in [0.717, 1.165) is 17.7 Å². The average molecular weight is 450 g/mol. The number of anilines is 1. The Labute approximate surface area is 181 Å². The highest BCUT2D eigenvalue weighted by atomic mass is 19.4. The standard InChI is InChI=1S/C22H21F3N2O5/c1-12-5-7-13(8-6-12)20(28)27-16-10-30-19-17(11-31-18(16)19)32-21(29)26-15-4-2-3-14(9-15)22(23,24)25/h2-9,16-19H,10-11H2,1H3,(H,26,29)(H,27,28)/t16-,17-,18-,19+/m1/s1. The molecule has 10 heteroatoms. The number of carbonyl (C=O) groups excluding carboxylic acids is 2. The third-order valence-corrected chi connectivity index (χ3v) is 5.33. The lowest BCUT2D eigenvalue weighted by Crippen LogP contribution is -2.44. The van der Waals surface area contributed by atoms with Crippen LogP contribution >= 0.6 is 0 Å². The summed E-state index contributed by atoms with van der Waals surface area (Å²) < 4.78 is 55.1. The molecule has 0 bridgehead atoms. The van der Waals surface area contributed by atoms with Gasteiger partial charge in [-0.3, -0.25) is 10.1 Å². The minimum atomic E-state index is -4.52. The molecule has 2 saturated heterocycles. The van der Waals surface area contributed by atoms with Crippen LogP contribution < -0.4 is 10.6 Å². The molecule has 170 valence electrons. The second-order valence-corrected chi connectivity index (χ2v) is 7.69. The monoisotopic (exact) mass is 450 g/mol. The van der Waals surface area contributed by atoms with Crippen LogP contribution in [0, 0.1) is 6.92 Å². The van der Waals surface area contributed by atoms with Gasteiger partial charge in [0.15, 0.2) is 6.10 Å². The van der Waals surface area contributed by atoms with Crippen molar-refractivity contribution in [3.63, 3.8) is 0 Å². The van der Waals surface area contributed by atoms with Crippen molar-refractivity contribution >= 4 is 17.7 Å². The second kappa shape index (κ2) is 8.79. The Hall–Kier alpha value is -3.11. The van der Waals surface area contributed by atoms with Crippen LogP contribution in [-0.2, 0) is 20.4 Å². The maximum Gasteiger partial charge on any atom is 0.416 e. The van der Waals surface area contributed by atoms with Crippen LogP contribution in [0.1, 0.15) is 21.5 Å². The molecular weight excluding hydrogens is 429 g/mol. The smallest absolute Gasteiger partial charge is 0.416 e. The zero-order valence-corrected chi connectivity index (χ0v) is 17.0. The van der Waals surface area contributed by atoms with E-state index in [1.807, 2.05) is 19.1 Å². The van der Waals surface area contributed by atoms with Crippen molar-refractivity contribution in [3.05, 3.63) is 65.2 Å². The van der Waals surface area contributed by atoms with Crippen LogP contribution in [0.2, 0.25) is 0 Å². The minimum Gasteiger partial charge on any atom is -0.441 e. The number of aryl methyl sites for hydroxylation is 1. The quantitative estimate of drug-likeness (QED) is 0.745. The first-order valence-corrected chi connectivity index (χ1v) is 9.96. The lowest BCUT2D eigenvalue weighted by molar-refractivity contribution is -0.137. The van der Waals surface area contributed by atoms with Crippen LogP contribution in [0.5, 0.6) is 0 Å². The summed E-state index contributed by atoms with van der Waals surface area (Å²) in [6, 6.07) is 10.9. The molecule has 0 aliphatic carbocycles. The molecular formula is C22H21F3N2O5. The highest BCUT2D eigenvalue weighted by Crippen LogP contribution is 2.31. The van der Waals surface area contributed by atoms with E-state index in [0.29, 0.717) is 5.56 Å². The van der Waals surface area contributed by atoms with E-state index in [4.69, 9.17) is 14.2 Å². The van der Waals surface area contributed by atoms with Gasteiger partial charge in [-0.25, -0.2) is 4.79 Å². The lowest BCUT2D eigenvalue weighted by Gasteiger charge is -2.18. The van der Waals surface area contributed by atoms with Crippen LogP contribution in [-0.4, -0.2) is 49.6 Å². The maximum atomic E-state index is 12.8. The van der Waals surface area contributed by atoms with Crippen LogP contribution in [0.15, 0.2) is 48.5 Å². The number of rotatable bonds is 4. The Morgan fingerprint density at radius 2 is 1.75 bits per heavy atom. The van der Waals surface area contributed by atoms with Gasteiger partial charge in [0.2, 0.25) is 0 Å².